The van der Waals surface area contributed by atoms with Gasteiger partial charge in [0.1, 0.15) is 11.3 Å². The van der Waals surface area contributed by atoms with E-state index >= 15 is 0 Å². The molecule has 2 amide bonds. The standard InChI is InChI=1S/C14H23N3O5/c1-14(2,3)21-13(19)15-9-10-8-11(16-22-10)12(18)17-4-6-20-7-5-17/h10H,4-9H2,1-3H3,(H,15,19)/t10-/m1/s1. The first-order chi connectivity index (χ1) is 10.3. The summed E-state index contributed by atoms with van der Waals surface area (Å²) >= 11 is 0. The highest BCUT2D eigenvalue weighted by Gasteiger charge is 2.30. The molecule has 1 N–H and O–H groups in total. The minimum Gasteiger partial charge on any atom is -0.444 e. The number of hydrogen-bond donors (Lipinski definition) is 1. The third-order valence-corrected chi connectivity index (χ3v) is 3.15. The van der Waals surface area contributed by atoms with E-state index in [0.29, 0.717) is 38.4 Å². The first kappa shape index (κ1) is 16.5. The highest BCUT2D eigenvalue weighted by molar-refractivity contribution is 6.39. The van der Waals surface area contributed by atoms with Crippen molar-refractivity contribution in [3.63, 3.8) is 0 Å². The van der Waals surface area contributed by atoms with E-state index in [-0.39, 0.29) is 18.6 Å². The third kappa shape index (κ3) is 4.87. The van der Waals surface area contributed by atoms with Gasteiger partial charge in [0.2, 0.25) is 0 Å². The maximum Gasteiger partial charge on any atom is 0.407 e. The fourth-order valence-corrected chi connectivity index (χ4v) is 2.12. The van der Waals surface area contributed by atoms with Gasteiger partial charge in [-0.05, 0) is 20.8 Å². The number of amides is 2. The topological polar surface area (TPSA) is 89.5 Å². The predicted molar refractivity (Wildman–Crippen MR) is 78.6 cm³/mol. The SMILES string of the molecule is CC(C)(C)OC(=O)NC[C@H]1CC(C(=O)N2CCOCC2)=NO1. The molecule has 0 aromatic carbocycles. The van der Waals surface area contributed by atoms with E-state index in [1.54, 1.807) is 25.7 Å². The average Bonchev–Trinajstić information content (AvgIpc) is 2.92. The summed E-state index contributed by atoms with van der Waals surface area (Å²) in [5, 5.41) is 6.45. The molecule has 1 saturated heterocycles. The van der Waals surface area contributed by atoms with Crippen LogP contribution in [0.25, 0.3) is 0 Å². The number of carbonyl (C=O) groups is 2. The molecule has 124 valence electrons. The lowest BCUT2D eigenvalue weighted by Crippen LogP contribution is -2.44. The van der Waals surface area contributed by atoms with E-state index in [2.05, 4.69) is 10.5 Å². The van der Waals surface area contributed by atoms with Gasteiger partial charge in [0.15, 0.2) is 6.10 Å². The third-order valence-electron chi connectivity index (χ3n) is 3.15. The van der Waals surface area contributed by atoms with Crippen LogP contribution in [0.4, 0.5) is 4.79 Å². The van der Waals surface area contributed by atoms with Crippen molar-refractivity contribution in [2.75, 3.05) is 32.8 Å². The molecule has 0 saturated carbocycles. The number of carbonyl (C=O) groups excluding carboxylic acids is 2. The molecule has 2 aliphatic rings. The number of oxime groups is 1. The van der Waals surface area contributed by atoms with Crippen LogP contribution in [0, 0.1) is 0 Å². The van der Waals surface area contributed by atoms with E-state index < -0.39 is 11.7 Å². The van der Waals surface area contributed by atoms with Gasteiger partial charge in [0, 0.05) is 19.5 Å². The zero-order valence-electron chi connectivity index (χ0n) is 13.3. The molecule has 22 heavy (non-hydrogen) atoms. The first-order valence-electron chi connectivity index (χ1n) is 7.42. The fraction of sp³-hybridized carbons (Fsp3) is 0.786. The fourth-order valence-electron chi connectivity index (χ4n) is 2.12. The van der Waals surface area contributed by atoms with Crippen molar-refractivity contribution in [1.82, 2.24) is 10.2 Å². The van der Waals surface area contributed by atoms with Gasteiger partial charge in [-0.15, -0.1) is 0 Å². The molecule has 1 fully saturated rings. The zero-order valence-corrected chi connectivity index (χ0v) is 13.3. The van der Waals surface area contributed by atoms with Crippen molar-refractivity contribution < 1.29 is 23.9 Å². The summed E-state index contributed by atoms with van der Waals surface area (Å²) in [6.07, 6.45) is -0.469. The van der Waals surface area contributed by atoms with Gasteiger partial charge < -0.3 is 24.5 Å². The summed E-state index contributed by atoms with van der Waals surface area (Å²) in [6.45, 7) is 7.85. The molecule has 0 radical (unpaired) electrons. The summed E-state index contributed by atoms with van der Waals surface area (Å²) in [5.41, 5.74) is -0.160. The van der Waals surface area contributed by atoms with Crippen LogP contribution >= 0.6 is 0 Å². The molecular weight excluding hydrogens is 290 g/mol. The highest BCUT2D eigenvalue weighted by atomic mass is 16.6. The van der Waals surface area contributed by atoms with Crippen LogP contribution in [-0.2, 0) is 19.1 Å². The van der Waals surface area contributed by atoms with Gasteiger partial charge in [-0.3, -0.25) is 4.79 Å². The molecule has 2 heterocycles. The van der Waals surface area contributed by atoms with Crippen LogP contribution in [0.15, 0.2) is 5.16 Å². The Morgan fingerprint density at radius 2 is 2.05 bits per heavy atom. The van der Waals surface area contributed by atoms with Crippen LogP contribution < -0.4 is 5.32 Å². The second-order valence-electron chi connectivity index (χ2n) is 6.26. The Bertz CT molecular complexity index is 452. The Labute approximate surface area is 129 Å². The lowest BCUT2D eigenvalue weighted by atomic mass is 10.1. The van der Waals surface area contributed by atoms with Crippen molar-refractivity contribution in [2.45, 2.75) is 38.9 Å². The second kappa shape index (κ2) is 6.95. The summed E-state index contributed by atoms with van der Waals surface area (Å²) in [7, 11) is 0. The smallest absolute Gasteiger partial charge is 0.407 e. The molecule has 0 unspecified atom stereocenters. The van der Waals surface area contributed by atoms with Gasteiger partial charge in [0.05, 0.1) is 19.8 Å². The summed E-state index contributed by atoms with van der Waals surface area (Å²) < 4.78 is 10.3. The number of alkyl carbamates (subject to hydrolysis) is 1. The molecule has 2 rings (SSSR count). The summed E-state index contributed by atoms with van der Waals surface area (Å²) in [6, 6.07) is 0. The largest absolute Gasteiger partial charge is 0.444 e. The number of ether oxygens (including phenoxy) is 2. The Hall–Kier alpha value is -1.83. The normalized spacial score (nSPS) is 21.9. The molecule has 0 bridgehead atoms. The predicted octanol–water partition coefficient (Wildman–Crippen LogP) is 0.515. The van der Waals surface area contributed by atoms with Crippen LogP contribution in [0.3, 0.4) is 0 Å². The number of morpholine rings is 1. The summed E-state index contributed by atoms with van der Waals surface area (Å²) in [5.74, 6) is -0.122. The maximum absolute atomic E-state index is 12.2. The Balaban J connectivity index is 1.72. The second-order valence-corrected chi connectivity index (χ2v) is 6.26. The molecule has 1 atom stereocenters. The average molecular weight is 313 g/mol. The van der Waals surface area contributed by atoms with Gasteiger partial charge in [0.25, 0.3) is 5.91 Å². The van der Waals surface area contributed by atoms with E-state index in [1.165, 1.54) is 0 Å². The van der Waals surface area contributed by atoms with Crippen molar-refractivity contribution in [1.29, 1.82) is 0 Å². The molecule has 0 aliphatic carbocycles. The molecular formula is C14H23N3O5. The minimum absolute atomic E-state index is 0.122. The lowest BCUT2D eigenvalue weighted by Gasteiger charge is -2.26. The summed E-state index contributed by atoms with van der Waals surface area (Å²) in [4.78, 5) is 30.7. The Morgan fingerprint density at radius 3 is 2.68 bits per heavy atom. The van der Waals surface area contributed by atoms with Crippen molar-refractivity contribution >= 4 is 17.7 Å². The van der Waals surface area contributed by atoms with Crippen LogP contribution in [0.2, 0.25) is 0 Å². The van der Waals surface area contributed by atoms with Crippen LogP contribution in [-0.4, -0.2) is 67.2 Å². The maximum atomic E-state index is 12.2. The molecule has 0 aromatic rings. The van der Waals surface area contributed by atoms with E-state index in [9.17, 15) is 9.59 Å². The molecule has 0 spiro atoms. The first-order valence-corrected chi connectivity index (χ1v) is 7.42. The minimum atomic E-state index is -0.547. The highest BCUT2D eigenvalue weighted by Crippen LogP contribution is 2.13. The zero-order chi connectivity index (χ0) is 16.2. The Morgan fingerprint density at radius 1 is 1.36 bits per heavy atom. The van der Waals surface area contributed by atoms with Crippen LogP contribution in [0.1, 0.15) is 27.2 Å². The van der Waals surface area contributed by atoms with Gasteiger partial charge in [-0.1, -0.05) is 5.16 Å². The van der Waals surface area contributed by atoms with Crippen molar-refractivity contribution in [3.05, 3.63) is 0 Å². The number of rotatable bonds is 3. The van der Waals surface area contributed by atoms with Gasteiger partial charge in [-0.2, -0.15) is 0 Å². The molecule has 8 nitrogen and oxygen atoms in total. The van der Waals surface area contributed by atoms with E-state index in [4.69, 9.17) is 14.3 Å². The molecule has 8 heteroatoms. The monoisotopic (exact) mass is 313 g/mol. The van der Waals surface area contributed by atoms with Gasteiger partial charge in [-0.25, -0.2) is 4.79 Å². The molecule has 2 aliphatic heterocycles. The van der Waals surface area contributed by atoms with E-state index in [1.807, 2.05) is 0 Å². The number of hydrogen-bond acceptors (Lipinski definition) is 6. The molecule has 0 aromatic heterocycles. The lowest BCUT2D eigenvalue weighted by molar-refractivity contribution is -0.128. The van der Waals surface area contributed by atoms with Gasteiger partial charge >= 0.3 is 6.09 Å². The Kier molecular flexibility index (Phi) is 5.23. The van der Waals surface area contributed by atoms with Crippen molar-refractivity contribution in [3.8, 4) is 0 Å². The number of nitrogens with zero attached hydrogens (tertiary/aromatic N) is 2. The number of nitrogens with one attached hydrogen (secondary N) is 1. The van der Waals surface area contributed by atoms with Crippen LogP contribution in [0.5, 0.6) is 0 Å². The van der Waals surface area contributed by atoms with E-state index in [0.717, 1.165) is 0 Å². The van der Waals surface area contributed by atoms with Crippen molar-refractivity contribution in [2.24, 2.45) is 5.16 Å². The quantitative estimate of drug-likeness (QED) is 0.820.